The number of hydrogen-bond donors (Lipinski definition) is 0. The molecule has 3 aromatic carbocycles. The maximum absolute atomic E-state index is 15.1. The van der Waals surface area contributed by atoms with Crippen molar-refractivity contribution in [2.24, 2.45) is 0 Å². The molecule has 0 atom stereocenters. The summed E-state index contributed by atoms with van der Waals surface area (Å²) in [5.41, 5.74) is 1.43. The molecular weight excluding hydrogens is 456 g/mol. The van der Waals surface area contributed by atoms with Crippen molar-refractivity contribution in [1.82, 2.24) is 4.98 Å². The summed E-state index contributed by atoms with van der Waals surface area (Å²) < 4.78 is 45.2. The molecule has 1 saturated heterocycles. The first-order valence-electron chi connectivity index (χ1n) is 10.8. The topological polar surface area (TPSA) is 64.1 Å². The summed E-state index contributed by atoms with van der Waals surface area (Å²) in [5.74, 6) is 0.319. The molecule has 4 aromatic rings. The Bertz CT molecular complexity index is 1430. The van der Waals surface area contributed by atoms with Gasteiger partial charge < -0.3 is 14.2 Å². The van der Waals surface area contributed by atoms with Crippen molar-refractivity contribution in [3.05, 3.63) is 78.5 Å². The second-order valence-electron chi connectivity index (χ2n) is 7.82. The van der Waals surface area contributed by atoms with Gasteiger partial charge in [-0.1, -0.05) is 6.07 Å². The van der Waals surface area contributed by atoms with Crippen molar-refractivity contribution in [2.45, 2.75) is 0 Å². The van der Waals surface area contributed by atoms with Crippen LogP contribution in [-0.2, 0) is 0 Å². The summed E-state index contributed by atoms with van der Waals surface area (Å²) in [7, 11) is 3.05. The predicted molar refractivity (Wildman–Crippen MR) is 128 cm³/mol. The van der Waals surface area contributed by atoms with Crippen LogP contribution >= 0.6 is 0 Å². The van der Waals surface area contributed by atoms with E-state index < -0.39 is 11.6 Å². The molecule has 1 aromatic heterocycles. The van der Waals surface area contributed by atoms with E-state index in [0.29, 0.717) is 52.6 Å². The van der Waals surface area contributed by atoms with Crippen LogP contribution in [0.25, 0.3) is 10.9 Å². The van der Waals surface area contributed by atoms with Crippen LogP contribution in [0.1, 0.15) is 0 Å². The first-order valence-corrected chi connectivity index (χ1v) is 10.8. The van der Waals surface area contributed by atoms with Gasteiger partial charge in [0.05, 0.1) is 19.7 Å². The molecule has 178 valence electrons. The van der Waals surface area contributed by atoms with E-state index in [4.69, 9.17) is 14.2 Å². The minimum Gasteiger partial charge on any atom is -0.493 e. The van der Waals surface area contributed by atoms with E-state index >= 15 is 4.39 Å². The number of carbonyl (C=O) groups is 1. The van der Waals surface area contributed by atoms with Crippen LogP contribution < -0.4 is 24.0 Å². The third-order valence-electron chi connectivity index (χ3n) is 5.78. The molecule has 0 N–H and O–H groups in total. The number of nitrogens with zero attached hydrogens (tertiary/aromatic N) is 3. The maximum atomic E-state index is 15.1. The van der Waals surface area contributed by atoms with Crippen LogP contribution in [0.2, 0.25) is 0 Å². The van der Waals surface area contributed by atoms with E-state index in [-0.39, 0.29) is 11.8 Å². The first kappa shape index (κ1) is 22.4. The molecule has 1 fully saturated rings. The fourth-order valence-electron chi connectivity index (χ4n) is 4.06. The number of carbonyl (C=O) groups excluding carboxylic acids is 1. The Morgan fingerprint density at radius 1 is 0.800 bits per heavy atom. The summed E-state index contributed by atoms with van der Waals surface area (Å²) in [6.07, 6.45) is 1.56. The Hall–Kier alpha value is -4.40. The minimum absolute atomic E-state index is 0.00957. The lowest BCUT2D eigenvalue weighted by atomic mass is 10.1. The molecule has 0 saturated carbocycles. The number of ether oxygens (including phenoxy) is 3. The summed E-state index contributed by atoms with van der Waals surface area (Å²) in [5, 5.41) is 0.620. The van der Waals surface area contributed by atoms with Crippen molar-refractivity contribution in [3.63, 3.8) is 0 Å². The lowest BCUT2D eigenvalue weighted by Gasteiger charge is -2.19. The van der Waals surface area contributed by atoms with E-state index in [1.165, 1.54) is 48.3 Å². The molecular formula is C26H21F2N3O4. The van der Waals surface area contributed by atoms with Crippen LogP contribution in [0.15, 0.2) is 66.9 Å². The number of aromatic nitrogens is 1. The number of fused-ring (bicyclic) bond motifs is 1. The molecule has 0 bridgehead atoms. The average Bonchev–Trinajstić information content (AvgIpc) is 3.25. The Morgan fingerprint density at radius 2 is 1.51 bits per heavy atom. The second kappa shape index (κ2) is 9.09. The van der Waals surface area contributed by atoms with Crippen LogP contribution in [0, 0.1) is 11.6 Å². The number of anilines is 2. The highest BCUT2D eigenvalue weighted by Crippen LogP contribution is 2.38. The van der Waals surface area contributed by atoms with Gasteiger partial charge in [-0.25, -0.2) is 13.6 Å². The normalized spacial score (nSPS) is 13.4. The number of pyridine rings is 1. The van der Waals surface area contributed by atoms with Gasteiger partial charge >= 0.3 is 6.03 Å². The Balaban J connectivity index is 1.40. The number of methoxy groups -OCH3 is 2. The summed E-state index contributed by atoms with van der Waals surface area (Å²) in [4.78, 5) is 20.1. The van der Waals surface area contributed by atoms with Gasteiger partial charge in [0, 0.05) is 48.2 Å². The Kier molecular flexibility index (Phi) is 5.82. The van der Waals surface area contributed by atoms with Gasteiger partial charge in [0.25, 0.3) is 0 Å². The molecule has 1 aliphatic rings. The maximum Gasteiger partial charge on any atom is 0.329 e. The molecule has 5 rings (SSSR count). The molecule has 2 heterocycles. The summed E-state index contributed by atoms with van der Waals surface area (Å²) in [6, 6.07) is 14.8. The second-order valence-corrected chi connectivity index (χ2v) is 7.82. The number of halogens is 2. The van der Waals surface area contributed by atoms with Crippen molar-refractivity contribution in [2.75, 3.05) is 37.1 Å². The third kappa shape index (κ3) is 4.16. The van der Waals surface area contributed by atoms with Crippen LogP contribution in [0.5, 0.6) is 23.0 Å². The molecule has 0 radical (unpaired) electrons. The first-order chi connectivity index (χ1) is 17.0. The van der Waals surface area contributed by atoms with Crippen molar-refractivity contribution in [3.8, 4) is 23.0 Å². The van der Waals surface area contributed by atoms with Gasteiger partial charge in [0.15, 0.2) is 23.1 Å². The predicted octanol–water partition coefficient (Wildman–Crippen LogP) is 5.77. The summed E-state index contributed by atoms with van der Waals surface area (Å²) >= 11 is 0. The number of amides is 2. The number of hydrogen-bond acceptors (Lipinski definition) is 5. The van der Waals surface area contributed by atoms with Gasteiger partial charge in [-0.2, -0.15) is 0 Å². The summed E-state index contributed by atoms with van der Waals surface area (Å²) in [6.45, 7) is 0.696. The highest BCUT2D eigenvalue weighted by atomic mass is 19.1. The Labute approximate surface area is 200 Å². The lowest BCUT2D eigenvalue weighted by Crippen LogP contribution is -2.31. The van der Waals surface area contributed by atoms with Gasteiger partial charge in [0.1, 0.15) is 11.6 Å². The van der Waals surface area contributed by atoms with E-state index in [1.807, 2.05) is 0 Å². The SMILES string of the molecule is COc1cc2nccc(Oc3ccc(N4CCN(c5cccc(F)c5)C4=O)cc3F)c2cc1OC. The van der Waals surface area contributed by atoms with E-state index in [9.17, 15) is 9.18 Å². The highest BCUT2D eigenvalue weighted by molar-refractivity contribution is 6.06. The van der Waals surface area contributed by atoms with Crippen LogP contribution in [0.3, 0.4) is 0 Å². The Morgan fingerprint density at radius 3 is 2.20 bits per heavy atom. The zero-order chi connectivity index (χ0) is 24.5. The zero-order valence-corrected chi connectivity index (χ0v) is 19.0. The minimum atomic E-state index is -0.634. The monoisotopic (exact) mass is 477 g/mol. The lowest BCUT2D eigenvalue weighted by molar-refractivity contribution is 0.256. The smallest absolute Gasteiger partial charge is 0.329 e. The molecule has 1 aliphatic heterocycles. The zero-order valence-electron chi connectivity index (χ0n) is 19.0. The number of benzene rings is 3. The molecule has 0 unspecified atom stereocenters. The van der Waals surface area contributed by atoms with Crippen LogP contribution in [0.4, 0.5) is 25.0 Å². The van der Waals surface area contributed by atoms with E-state index in [0.717, 1.165) is 0 Å². The van der Waals surface area contributed by atoms with Crippen LogP contribution in [-0.4, -0.2) is 38.3 Å². The fourth-order valence-corrected chi connectivity index (χ4v) is 4.06. The number of rotatable bonds is 6. The van der Waals surface area contributed by atoms with Crippen molar-refractivity contribution < 1.29 is 27.8 Å². The molecule has 0 aliphatic carbocycles. The molecule has 9 heteroatoms. The van der Waals surface area contributed by atoms with Crippen molar-refractivity contribution >= 4 is 28.3 Å². The van der Waals surface area contributed by atoms with E-state index in [1.54, 1.807) is 42.6 Å². The average molecular weight is 477 g/mol. The highest BCUT2D eigenvalue weighted by Gasteiger charge is 2.31. The van der Waals surface area contributed by atoms with Gasteiger partial charge in [-0.05, 0) is 42.5 Å². The van der Waals surface area contributed by atoms with Gasteiger partial charge in [0.2, 0.25) is 0 Å². The number of urea groups is 1. The fraction of sp³-hybridized carbons (Fsp3) is 0.154. The molecule has 2 amide bonds. The standard InChI is InChI=1S/C26H21F2N3O4/c1-33-24-14-19-21(15-25(24)34-2)29-9-8-22(19)35-23-7-6-18(13-20(23)28)31-11-10-30(26(31)32)17-5-3-4-16(27)12-17/h3-9,12-15H,10-11H2,1-2H3. The molecule has 0 spiro atoms. The van der Waals surface area contributed by atoms with Gasteiger partial charge in [-0.3, -0.25) is 14.8 Å². The van der Waals surface area contributed by atoms with Gasteiger partial charge in [-0.15, -0.1) is 0 Å². The largest absolute Gasteiger partial charge is 0.493 e. The quantitative estimate of drug-likeness (QED) is 0.353. The molecule has 35 heavy (non-hydrogen) atoms. The van der Waals surface area contributed by atoms with E-state index in [2.05, 4.69) is 4.98 Å². The third-order valence-corrected chi connectivity index (χ3v) is 5.78. The molecule has 7 nitrogen and oxygen atoms in total. The van der Waals surface area contributed by atoms with Crippen molar-refractivity contribution in [1.29, 1.82) is 0 Å².